The Bertz CT molecular complexity index is 754. The summed E-state index contributed by atoms with van der Waals surface area (Å²) in [6, 6.07) is 10.4. The summed E-state index contributed by atoms with van der Waals surface area (Å²) in [5.41, 5.74) is 1.38. The van der Waals surface area contributed by atoms with Crippen LogP contribution in [0.3, 0.4) is 0 Å². The SMILES string of the molecule is CCOCCC1(CNC(=NC)NCc2nccc3ccccc23)CCCC1.I. The number of guanidine groups is 1. The van der Waals surface area contributed by atoms with Crippen molar-refractivity contribution in [3.05, 3.63) is 42.2 Å². The first-order valence-electron chi connectivity index (χ1n) is 10.1. The third-order valence-electron chi connectivity index (χ3n) is 5.68. The zero-order chi connectivity index (χ0) is 19.0. The largest absolute Gasteiger partial charge is 0.382 e. The molecule has 0 unspecified atom stereocenters. The van der Waals surface area contributed by atoms with Gasteiger partial charge in [0.05, 0.1) is 12.2 Å². The van der Waals surface area contributed by atoms with Crippen molar-refractivity contribution in [3.8, 4) is 0 Å². The first-order valence-corrected chi connectivity index (χ1v) is 10.1. The number of pyridine rings is 1. The molecule has 0 radical (unpaired) electrons. The molecular formula is C22H33IN4O. The quantitative estimate of drug-likeness (QED) is 0.245. The number of benzene rings is 1. The Hall–Kier alpha value is -1.41. The Morgan fingerprint density at radius 1 is 1.18 bits per heavy atom. The van der Waals surface area contributed by atoms with Gasteiger partial charge in [-0.2, -0.15) is 0 Å². The second-order valence-corrected chi connectivity index (χ2v) is 7.41. The van der Waals surface area contributed by atoms with Gasteiger partial charge in [-0.1, -0.05) is 37.1 Å². The van der Waals surface area contributed by atoms with E-state index in [1.165, 1.54) is 36.5 Å². The van der Waals surface area contributed by atoms with Gasteiger partial charge in [0.15, 0.2) is 5.96 Å². The monoisotopic (exact) mass is 496 g/mol. The maximum absolute atomic E-state index is 5.62. The van der Waals surface area contributed by atoms with Crippen molar-refractivity contribution in [1.82, 2.24) is 15.6 Å². The minimum Gasteiger partial charge on any atom is -0.382 e. The summed E-state index contributed by atoms with van der Waals surface area (Å²) in [7, 11) is 1.83. The van der Waals surface area contributed by atoms with E-state index in [0.717, 1.165) is 37.8 Å². The number of hydrogen-bond acceptors (Lipinski definition) is 3. The van der Waals surface area contributed by atoms with Gasteiger partial charge in [0.1, 0.15) is 0 Å². The van der Waals surface area contributed by atoms with Crippen LogP contribution in [-0.4, -0.2) is 37.7 Å². The van der Waals surface area contributed by atoms with E-state index in [0.29, 0.717) is 12.0 Å². The maximum atomic E-state index is 5.62. The van der Waals surface area contributed by atoms with Crippen molar-refractivity contribution in [2.45, 2.75) is 45.6 Å². The molecule has 1 aliphatic rings. The lowest BCUT2D eigenvalue weighted by Gasteiger charge is -2.30. The summed E-state index contributed by atoms with van der Waals surface area (Å²) in [6.45, 7) is 5.32. The number of nitrogens with one attached hydrogen (secondary N) is 2. The van der Waals surface area contributed by atoms with Crippen LogP contribution in [0.15, 0.2) is 41.5 Å². The summed E-state index contributed by atoms with van der Waals surface area (Å²) in [5.74, 6) is 0.840. The number of rotatable bonds is 8. The van der Waals surface area contributed by atoms with E-state index in [9.17, 15) is 0 Å². The van der Waals surface area contributed by atoms with Crippen molar-refractivity contribution in [1.29, 1.82) is 0 Å². The zero-order valence-corrected chi connectivity index (χ0v) is 19.4. The molecular weight excluding hydrogens is 463 g/mol. The molecule has 6 heteroatoms. The molecule has 1 fully saturated rings. The smallest absolute Gasteiger partial charge is 0.191 e. The van der Waals surface area contributed by atoms with Crippen molar-refractivity contribution in [2.75, 3.05) is 26.8 Å². The first-order chi connectivity index (χ1) is 13.3. The molecule has 1 heterocycles. The van der Waals surface area contributed by atoms with Crippen molar-refractivity contribution in [2.24, 2.45) is 10.4 Å². The van der Waals surface area contributed by atoms with Crippen LogP contribution in [0.25, 0.3) is 10.8 Å². The van der Waals surface area contributed by atoms with E-state index in [-0.39, 0.29) is 24.0 Å². The van der Waals surface area contributed by atoms with Gasteiger partial charge < -0.3 is 15.4 Å². The molecule has 1 aromatic heterocycles. The lowest BCUT2D eigenvalue weighted by Crippen LogP contribution is -2.43. The van der Waals surface area contributed by atoms with Crippen molar-refractivity contribution >= 4 is 40.7 Å². The fourth-order valence-electron chi connectivity index (χ4n) is 4.06. The lowest BCUT2D eigenvalue weighted by molar-refractivity contribution is 0.105. The molecule has 5 nitrogen and oxygen atoms in total. The van der Waals surface area contributed by atoms with E-state index in [4.69, 9.17) is 4.74 Å². The predicted octanol–water partition coefficient (Wildman–Crippen LogP) is 4.50. The van der Waals surface area contributed by atoms with Crippen LogP contribution >= 0.6 is 24.0 Å². The summed E-state index contributed by atoms with van der Waals surface area (Å²) in [6.07, 6.45) is 8.18. The van der Waals surface area contributed by atoms with Crippen LogP contribution in [0.4, 0.5) is 0 Å². The number of aromatic nitrogens is 1. The van der Waals surface area contributed by atoms with E-state index < -0.39 is 0 Å². The summed E-state index contributed by atoms with van der Waals surface area (Å²) < 4.78 is 5.62. The van der Waals surface area contributed by atoms with Gasteiger partial charge in [0.2, 0.25) is 0 Å². The second-order valence-electron chi connectivity index (χ2n) is 7.41. The van der Waals surface area contributed by atoms with Crippen LogP contribution in [0.5, 0.6) is 0 Å². The molecule has 154 valence electrons. The number of aliphatic imine (C=N–C) groups is 1. The number of ether oxygens (including phenoxy) is 1. The molecule has 0 saturated heterocycles. The Balaban J connectivity index is 0.00000280. The number of halogens is 1. The highest BCUT2D eigenvalue weighted by Gasteiger charge is 2.33. The standard InChI is InChI=1S/C22H32N4O.HI/c1-3-27-15-13-22(11-6-7-12-22)17-26-21(23-2)25-16-20-19-9-5-4-8-18(19)10-14-24-20;/h4-5,8-10,14H,3,6-7,11-13,15-17H2,1-2H3,(H2,23,25,26);1H. The zero-order valence-electron chi connectivity index (χ0n) is 17.0. The fourth-order valence-corrected chi connectivity index (χ4v) is 4.06. The van der Waals surface area contributed by atoms with Gasteiger partial charge in [-0.05, 0) is 43.1 Å². The summed E-state index contributed by atoms with van der Waals surface area (Å²) in [4.78, 5) is 8.96. The van der Waals surface area contributed by atoms with Crippen molar-refractivity contribution in [3.63, 3.8) is 0 Å². The second kappa shape index (κ2) is 11.6. The highest BCUT2D eigenvalue weighted by Crippen LogP contribution is 2.40. The molecule has 1 aliphatic carbocycles. The Kier molecular flexibility index (Phi) is 9.44. The fraction of sp³-hybridized carbons (Fsp3) is 0.545. The van der Waals surface area contributed by atoms with Crippen LogP contribution in [0.2, 0.25) is 0 Å². The van der Waals surface area contributed by atoms with Crippen LogP contribution in [-0.2, 0) is 11.3 Å². The normalized spacial score (nSPS) is 16.0. The molecule has 2 aromatic rings. The average molecular weight is 496 g/mol. The van der Waals surface area contributed by atoms with Gasteiger partial charge in [-0.15, -0.1) is 24.0 Å². The highest BCUT2D eigenvalue weighted by atomic mass is 127. The van der Waals surface area contributed by atoms with Gasteiger partial charge in [-0.25, -0.2) is 0 Å². The third kappa shape index (κ3) is 6.04. The average Bonchev–Trinajstić information content (AvgIpc) is 3.17. The highest BCUT2D eigenvalue weighted by molar-refractivity contribution is 14.0. The van der Waals surface area contributed by atoms with Crippen LogP contribution < -0.4 is 10.6 Å². The molecule has 28 heavy (non-hydrogen) atoms. The number of fused-ring (bicyclic) bond motifs is 1. The van der Waals surface area contributed by atoms with Crippen molar-refractivity contribution < 1.29 is 4.74 Å². The molecule has 0 amide bonds. The molecule has 0 spiro atoms. The molecule has 0 aliphatic heterocycles. The molecule has 0 bridgehead atoms. The van der Waals surface area contributed by atoms with Crippen LogP contribution in [0.1, 0.15) is 44.7 Å². The predicted molar refractivity (Wildman–Crippen MR) is 127 cm³/mol. The molecule has 1 aromatic carbocycles. The number of hydrogen-bond donors (Lipinski definition) is 2. The van der Waals surface area contributed by atoms with Gasteiger partial charge in [0.25, 0.3) is 0 Å². The summed E-state index contributed by atoms with van der Waals surface area (Å²) >= 11 is 0. The topological polar surface area (TPSA) is 58.5 Å². The first kappa shape index (κ1) is 22.9. The van der Waals surface area contributed by atoms with Crippen LogP contribution in [0, 0.1) is 5.41 Å². The van der Waals surface area contributed by atoms with E-state index in [1.54, 1.807) is 0 Å². The molecule has 2 N–H and O–H groups in total. The van der Waals surface area contributed by atoms with E-state index >= 15 is 0 Å². The maximum Gasteiger partial charge on any atom is 0.191 e. The minimum absolute atomic E-state index is 0. The third-order valence-corrected chi connectivity index (χ3v) is 5.68. The van der Waals surface area contributed by atoms with Gasteiger partial charge in [0, 0.05) is 38.4 Å². The Morgan fingerprint density at radius 3 is 2.71 bits per heavy atom. The van der Waals surface area contributed by atoms with E-state index in [1.807, 2.05) is 19.3 Å². The lowest BCUT2D eigenvalue weighted by atomic mass is 9.83. The molecule has 3 rings (SSSR count). The van der Waals surface area contributed by atoms with E-state index in [2.05, 4.69) is 51.8 Å². The van der Waals surface area contributed by atoms with Gasteiger partial charge in [-0.3, -0.25) is 9.98 Å². The summed E-state index contributed by atoms with van der Waals surface area (Å²) in [5, 5.41) is 9.39. The Labute approximate surface area is 185 Å². The Morgan fingerprint density at radius 2 is 1.96 bits per heavy atom. The molecule has 0 atom stereocenters. The van der Waals surface area contributed by atoms with Gasteiger partial charge >= 0.3 is 0 Å². The number of nitrogens with zero attached hydrogens (tertiary/aromatic N) is 2. The minimum atomic E-state index is 0. The molecule has 1 saturated carbocycles.